The number of aryl methyl sites for hydroxylation is 1. The normalized spacial score (nSPS) is 22.5. The molecule has 1 aromatic carbocycles. The summed E-state index contributed by atoms with van der Waals surface area (Å²) >= 11 is 0. The van der Waals surface area contributed by atoms with Crippen LogP contribution in [0.25, 0.3) is 0 Å². The minimum atomic E-state index is -4.48. The highest BCUT2D eigenvalue weighted by Gasteiger charge is 2.50. The van der Waals surface area contributed by atoms with Crippen LogP contribution in [0.15, 0.2) is 35.9 Å². The van der Waals surface area contributed by atoms with E-state index in [-0.39, 0.29) is 42.8 Å². The number of aromatic hydroxyl groups is 1. The van der Waals surface area contributed by atoms with Gasteiger partial charge in [-0.25, -0.2) is 9.36 Å². The molecule has 0 aliphatic heterocycles. The molecule has 8 heteroatoms. The van der Waals surface area contributed by atoms with Crippen LogP contribution in [-0.2, 0) is 24.8 Å². The van der Waals surface area contributed by atoms with Crippen molar-refractivity contribution in [2.75, 3.05) is 6.61 Å². The summed E-state index contributed by atoms with van der Waals surface area (Å²) < 4.78 is 29.6. The van der Waals surface area contributed by atoms with Gasteiger partial charge in [-0.05, 0) is 88.8 Å². The molecule has 1 saturated carbocycles. The van der Waals surface area contributed by atoms with E-state index in [1.165, 1.54) is 5.57 Å². The van der Waals surface area contributed by atoms with Gasteiger partial charge in [0.25, 0.3) is 0 Å². The lowest BCUT2D eigenvalue weighted by Crippen LogP contribution is -2.41. The van der Waals surface area contributed by atoms with Crippen molar-refractivity contribution in [3.8, 4) is 11.5 Å². The number of carbonyl (C=O) groups is 1. The number of ether oxygens (including phenoxy) is 1. The molecular formula is C30H45O7P. The third kappa shape index (κ3) is 7.59. The van der Waals surface area contributed by atoms with Crippen molar-refractivity contribution in [3.63, 3.8) is 0 Å². The largest absolute Gasteiger partial charge is 0.507 e. The summed E-state index contributed by atoms with van der Waals surface area (Å²) in [6.45, 7) is 12.4. The van der Waals surface area contributed by atoms with E-state index in [4.69, 9.17) is 13.8 Å². The third-order valence-electron chi connectivity index (χ3n) is 7.71. The molecule has 7 nitrogen and oxygen atoms in total. The minimum Gasteiger partial charge on any atom is -0.507 e. The van der Waals surface area contributed by atoms with Gasteiger partial charge in [-0.3, -0.25) is 9.05 Å². The highest BCUT2D eigenvalue weighted by Crippen LogP contribution is 2.53. The van der Waals surface area contributed by atoms with Gasteiger partial charge in [0.15, 0.2) is 5.60 Å². The fraction of sp³-hybridized carbons (Fsp3) is 0.633. The predicted octanol–water partition coefficient (Wildman–Crippen LogP) is 7.90. The lowest BCUT2D eigenvalue weighted by Gasteiger charge is -2.33. The second kappa shape index (κ2) is 13.4. The average Bonchev–Trinajstić information content (AvgIpc) is 3.31. The number of phenols is 1. The predicted molar refractivity (Wildman–Crippen MR) is 149 cm³/mol. The second-order valence-electron chi connectivity index (χ2n) is 11.0. The first-order valence-corrected chi connectivity index (χ1v) is 15.6. The maximum absolute atomic E-state index is 13.7. The van der Waals surface area contributed by atoms with Crippen LogP contribution in [0.1, 0.15) is 109 Å². The smallest absolute Gasteiger partial charge is 0.473 e. The van der Waals surface area contributed by atoms with Crippen LogP contribution in [0.2, 0.25) is 0 Å². The van der Waals surface area contributed by atoms with Crippen molar-refractivity contribution >= 4 is 13.8 Å². The molecule has 0 saturated heterocycles. The van der Waals surface area contributed by atoms with E-state index in [2.05, 4.69) is 19.6 Å². The van der Waals surface area contributed by atoms with Crippen molar-refractivity contribution in [2.45, 2.75) is 110 Å². The van der Waals surface area contributed by atoms with Gasteiger partial charge in [-0.2, -0.15) is 0 Å². The number of hydrogen-bond donors (Lipinski definition) is 2. The van der Waals surface area contributed by atoms with Crippen LogP contribution in [-0.4, -0.2) is 28.2 Å². The molecule has 2 N–H and O–H groups in total. The zero-order valence-electron chi connectivity index (χ0n) is 23.5. The summed E-state index contributed by atoms with van der Waals surface area (Å²) in [5.74, 6) is -0.489. The number of allylic oxidation sites excluding steroid dienone is 3. The molecule has 0 amide bonds. The first-order valence-electron chi connectivity index (χ1n) is 14.1. The van der Waals surface area contributed by atoms with Gasteiger partial charge in [0.1, 0.15) is 11.5 Å². The molecule has 1 unspecified atom stereocenters. The molecule has 0 radical (unpaired) electrons. The fourth-order valence-corrected chi connectivity index (χ4v) is 6.79. The molecule has 1 fully saturated rings. The van der Waals surface area contributed by atoms with Gasteiger partial charge in [0.05, 0.1) is 6.61 Å². The summed E-state index contributed by atoms with van der Waals surface area (Å²) in [5, 5.41) is 11.2. The van der Waals surface area contributed by atoms with Gasteiger partial charge in [-0.15, -0.1) is 0 Å². The van der Waals surface area contributed by atoms with E-state index in [1.807, 2.05) is 26.8 Å². The summed E-state index contributed by atoms with van der Waals surface area (Å²) in [5.41, 5.74) is 2.04. The Kier molecular flexibility index (Phi) is 10.8. The number of hydrogen-bond acceptors (Lipinski definition) is 6. The lowest BCUT2D eigenvalue weighted by molar-refractivity contribution is -0.153. The maximum atomic E-state index is 13.7. The number of benzene rings is 1. The number of esters is 1. The molecular weight excluding hydrogens is 503 g/mol. The van der Waals surface area contributed by atoms with E-state index < -0.39 is 19.4 Å². The number of phenolic OH excluding ortho intramolecular Hbond substituents is 1. The first-order chi connectivity index (χ1) is 18.0. The standard InChI is InChI=1S/C30H45O7P/c1-6-8-11-17-35-38(33,34)37-30(15-9-10-16-30)29(32)36-27-20-23(12-7-2)19-26(31)28(27)25-18-22(5)13-14-24(25)21(3)4/h18-20,24-25,31H,3,6-17H2,1-2,4-5H3,(H,33,34)/t24-,25+/m0/s1. The SMILES string of the molecule is C=C(C)[C@@H]1CCC(C)=C[C@H]1c1c(O)cc(CCC)cc1OC(=O)C1(OP(=O)(O)OCCCCC)CCCC1. The van der Waals surface area contributed by atoms with Gasteiger partial charge >= 0.3 is 13.8 Å². The number of phosphoric acid groups is 1. The second-order valence-corrected chi connectivity index (χ2v) is 12.4. The molecule has 38 heavy (non-hydrogen) atoms. The van der Waals surface area contributed by atoms with Crippen molar-refractivity contribution < 1.29 is 33.1 Å². The summed E-state index contributed by atoms with van der Waals surface area (Å²) in [6, 6.07) is 3.56. The van der Waals surface area contributed by atoms with E-state index >= 15 is 0 Å². The molecule has 0 spiro atoms. The zero-order chi connectivity index (χ0) is 27.9. The van der Waals surface area contributed by atoms with Gasteiger partial charge in [0, 0.05) is 11.5 Å². The van der Waals surface area contributed by atoms with Gasteiger partial charge < -0.3 is 14.7 Å². The highest BCUT2D eigenvalue weighted by atomic mass is 31.2. The topological polar surface area (TPSA) is 102 Å². The maximum Gasteiger partial charge on any atom is 0.473 e. The fourth-order valence-electron chi connectivity index (χ4n) is 5.68. The molecule has 0 bridgehead atoms. The van der Waals surface area contributed by atoms with Crippen LogP contribution >= 0.6 is 7.82 Å². The Hall–Kier alpha value is -1.92. The van der Waals surface area contributed by atoms with E-state index in [9.17, 15) is 19.4 Å². The average molecular weight is 549 g/mol. The Morgan fingerprint density at radius 2 is 1.89 bits per heavy atom. The lowest BCUT2D eigenvalue weighted by atomic mass is 9.73. The third-order valence-corrected chi connectivity index (χ3v) is 8.80. The molecule has 3 rings (SSSR count). The van der Waals surface area contributed by atoms with Gasteiger partial charge in [-0.1, -0.05) is 56.9 Å². The van der Waals surface area contributed by atoms with Crippen LogP contribution in [0.4, 0.5) is 0 Å². The number of carbonyl (C=O) groups excluding carboxylic acids is 1. The van der Waals surface area contributed by atoms with E-state index in [0.29, 0.717) is 31.2 Å². The Morgan fingerprint density at radius 3 is 2.53 bits per heavy atom. The Morgan fingerprint density at radius 1 is 1.18 bits per heavy atom. The molecule has 3 atom stereocenters. The summed E-state index contributed by atoms with van der Waals surface area (Å²) in [6.07, 6.45) is 9.85. The first kappa shape index (κ1) is 30.6. The Bertz CT molecular complexity index is 1070. The van der Waals surface area contributed by atoms with Crippen LogP contribution in [0, 0.1) is 5.92 Å². The molecule has 212 valence electrons. The zero-order valence-corrected chi connectivity index (χ0v) is 24.4. The summed E-state index contributed by atoms with van der Waals surface area (Å²) in [7, 11) is -4.48. The number of rotatable bonds is 13. The van der Waals surface area contributed by atoms with Crippen LogP contribution < -0.4 is 4.74 Å². The molecule has 2 aliphatic rings. The highest BCUT2D eigenvalue weighted by molar-refractivity contribution is 7.47. The minimum absolute atomic E-state index is 0.0782. The van der Waals surface area contributed by atoms with Crippen LogP contribution in [0.5, 0.6) is 11.5 Å². The molecule has 2 aliphatic carbocycles. The van der Waals surface area contributed by atoms with Gasteiger partial charge in [0.2, 0.25) is 0 Å². The van der Waals surface area contributed by atoms with Crippen LogP contribution in [0.3, 0.4) is 0 Å². The molecule has 0 aromatic heterocycles. The van der Waals surface area contributed by atoms with Crippen molar-refractivity contribution in [3.05, 3.63) is 47.1 Å². The monoisotopic (exact) mass is 548 g/mol. The molecule has 0 heterocycles. The Labute approximate surface area is 227 Å². The van der Waals surface area contributed by atoms with Crippen molar-refractivity contribution in [1.29, 1.82) is 0 Å². The quantitative estimate of drug-likeness (QED) is 0.0849. The Balaban J connectivity index is 1.96. The summed E-state index contributed by atoms with van der Waals surface area (Å²) in [4.78, 5) is 24.2. The molecule has 1 aromatic rings. The van der Waals surface area contributed by atoms with Crippen molar-refractivity contribution in [2.24, 2.45) is 5.92 Å². The van der Waals surface area contributed by atoms with E-state index in [1.54, 1.807) is 6.07 Å². The van der Waals surface area contributed by atoms with Crippen molar-refractivity contribution in [1.82, 2.24) is 0 Å². The van der Waals surface area contributed by atoms with E-state index in [0.717, 1.165) is 43.2 Å². The number of unbranched alkanes of at least 4 members (excludes halogenated alkanes) is 2. The number of phosphoric ester groups is 1.